The summed E-state index contributed by atoms with van der Waals surface area (Å²) in [6.07, 6.45) is 9.56. The maximum Gasteiger partial charge on any atom is 0.229 e. The molecule has 0 saturated carbocycles. The van der Waals surface area contributed by atoms with Gasteiger partial charge in [-0.3, -0.25) is 15.0 Å². The van der Waals surface area contributed by atoms with E-state index >= 15 is 0 Å². The molecule has 224 valence electrons. The molecule has 0 amide bonds. The maximum absolute atomic E-state index is 6.07. The number of rotatable bonds is 10. The van der Waals surface area contributed by atoms with E-state index in [1.807, 2.05) is 24.3 Å². The van der Waals surface area contributed by atoms with Gasteiger partial charge in [-0.15, -0.1) is 0 Å². The van der Waals surface area contributed by atoms with Gasteiger partial charge < -0.3 is 30.7 Å². The number of anilines is 5. The first-order valence-electron chi connectivity index (χ1n) is 13.7. The van der Waals surface area contributed by atoms with Crippen LogP contribution in [-0.2, 0) is 4.74 Å². The monoisotopic (exact) mass is 663 g/mol. The number of benzene rings is 2. The van der Waals surface area contributed by atoms with E-state index in [1.54, 1.807) is 52.3 Å². The van der Waals surface area contributed by atoms with E-state index in [1.165, 1.54) is 0 Å². The number of aromatic nitrogens is 4. The van der Waals surface area contributed by atoms with Crippen LogP contribution >= 0.6 is 23.9 Å². The summed E-state index contributed by atoms with van der Waals surface area (Å²) in [4.78, 5) is 24.9. The number of hydrogen-bond donors (Lipinski definition) is 3. The summed E-state index contributed by atoms with van der Waals surface area (Å²) in [6, 6.07) is 7.99. The van der Waals surface area contributed by atoms with Gasteiger partial charge >= 0.3 is 0 Å². The predicted molar refractivity (Wildman–Crippen MR) is 181 cm³/mol. The van der Waals surface area contributed by atoms with E-state index in [0.717, 1.165) is 62.8 Å². The molecule has 1 unspecified atom stereocenters. The molecular weight excluding hydrogens is 629 g/mol. The fourth-order valence-electron chi connectivity index (χ4n) is 5.15. The summed E-state index contributed by atoms with van der Waals surface area (Å²) < 4.78 is 12.2. The van der Waals surface area contributed by atoms with Gasteiger partial charge in [0.05, 0.1) is 34.4 Å². The SMILES string of the molecule is CN=CC(=CN)c1cc(Nc2ncc(Br)c(Nc3ccc4nccnc4c3P(C)C)n2)c(OC)cc1N1CCC(OC)C1. The van der Waals surface area contributed by atoms with Crippen molar-refractivity contribution in [3.8, 4) is 5.75 Å². The highest BCUT2D eigenvalue weighted by atomic mass is 79.9. The Bertz CT molecular complexity index is 1680. The van der Waals surface area contributed by atoms with Crippen molar-refractivity contribution in [2.45, 2.75) is 12.5 Å². The lowest BCUT2D eigenvalue weighted by Crippen LogP contribution is -2.23. The van der Waals surface area contributed by atoms with Crippen molar-refractivity contribution in [1.82, 2.24) is 19.9 Å². The second-order valence-electron chi connectivity index (χ2n) is 10.1. The lowest BCUT2D eigenvalue weighted by molar-refractivity contribution is 0.121. The molecule has 1 saturated heterocycles. The standard InChI is InChI=1S/C30H35BrN9O2P/c1-33-15-18(14-32)20-12-24(26(42-3)13-25(20)40-11-8-19(17-40)41-2)38-30-36-16-21(31)29(39-30)37-23-7-6-22-27(28(23)43(4)5)35-10-9-34-22/h6-7,9-10,12-16,19H,8,11,17,32H2,1-5H3,(H2,36,37,38,39). The molecule has 13 heteroatoms. The van der Waals surface area contributed by atoms with Crippen LogP contribution in [0, 0.1) is 0 Å². The van der Waals surface area contributed by atoms with Gasteiger partial charge in [-0.05, 0) is 53.9 Å². The predicted octanol–water partition coefficient (Wildman–Crippen LogP) is 5.27. The maximum atomic E-state index is 6.07. The molecule has 0 spiro atoms. The van der Waals surface area contributed by atoms with E-state index in [4.69, 9.17) is 20.2 Å². The molecular formula is C30H35BrN9O2P. The summed E-state index contributed by atoms with van der Waals surface area (Å²) >= 11 is 3.61. The van der Waals surface area contributed by atoms with Crippen molar-refractivity contribution in [1.29, 1.82) is 0 Å². The molecule has 4 aromatic rings. The lowest BCUT2D eigenvalue weighted by Gasteiger charge is -2.24. The molecule has 0 radical (unpaired) electrons. The fraction of sp³-hybridized carbons (Fsp3) is 0.300. The third-order valence-electron chi connectivity index (χ3n) is 7.20. The van der Waals surface area contributed by atoms with Crippen LogP contribution in [0.5, 0.6) is 5.75 Å². The van der Waals surface area contributed by atoms with Gasteiger partial charge in [0.2, 0.25) is 5.95 Å². The second kappa shape index (κ2) is 13.6. The van der Waals surface area contributed by atoms with E-state index in [0.29, 0.717) is 23.2 Å². The van der Waals surface area contributed by atoms with Gasteiger partial charge in [0.1, 0.15) is 11.6 Å². The molecule has 4 N–H and O–H groups in total. The summed E-state index contributed by atoms with van der Waals surface area (Å²) in [6.45, 7) is 6.02. The van der Waals surface area contributed by atoms with Crippen molar-refractivity contribution in [3.63, 3.8) is 0 Å². The molecule has 0 bridgehead atoms. The number of nitrogens with two attached hydrogens (primary N) is 1. The van der Waals surface area contributed by atoms with Crippen LogP contribution < -0.4 is 31.3 Å². The van der Waals surface area contributed by atoms with Crippen molar-refractivity contribution in [2.24, 2.45) is 10.7 Å². The number of allylic oxidation sites excluding steroid dienone is 1. The highest BCUT2D eigenvalue weighted by Gasteiger charge is 2.26. The number of nitrogens with one attached hydrogen (secondary N) is 2. The summed E-state index contributed by atoms with van der Waals surface area (Å²) in [7, 11) is 4.62. The van der Waals surface area contributed by atoms with Crippen molar-refractivity contribution in [2.75, 3.05) is 63.2 Å². The molecule has 2 aromatic heterocycles. The van der Waals surface area contributed by atoms with Crippen LogP contribution in [0.2, 0.25) is 0 Å². The largest absolute Gasteiger partial charge is 0.494 e. The van der Waals surface area contributed by atoms with Crippen molar-refractivity contribution >= 4 is 80.8 Å². The van der Waals surface area contributed by atoms with E-state index in [2.05, 4.69) is 64.7 Å². The zero-order valence-electron chi connectivity index (χ0n) is 24.8. The minimum absolute atomic E-state index is 0.163. The number of halogens is 1. The Morgan fingerprint density at radius 2 is 1.95 bits per heavy atom. The van der Waals surface area contributed by atoms with Gasteiger partial charge in [0.15, 0.2) is 0 Å². The Kier molecular flexibility index (Phi) is 9.69. The minimum atomic E-state index is -0.496. The summed E-state index contributed by atoms with van der Waals surface area (Å²) in [5.41, 5.74) is 12.1. The number of aliphatic imine (C=N–C) groups is 1. The molecule has 3 heterocycles. The Hall–Kier alpha value is -3.86. The molecule has 2 aromatic carbocycles. The van der Waals surface area contributed by atoms with Gasteiger partial charge in [0.25, 0.3) is 0 Å². The van der Waals surface area contributed by atoms with Crippen LogP contribution in [-0.4, -0.2) is 79.9 Å². The number of nitrogens with zero attached hydrogens (tertiary/aromatic N) is 6. The third-order valence-corrected chi connectivity index (χ3v) is 9.13. The van der Waals surface area contributed by atoms with E-state index in [-0.39, 0.29) is 6.10 Å². The first-order chi connectivity index (χ1) is 20.9. The van der Waals surface area contributed by atoms with Crippen LogP contribution in [0.4, 0.5) is 28.8 Å². The van der Waals surface area contributed by atoms with Crippen molar-refractivity contribution < 1.29 is 9.47 Å². The quantitative estimate of drug-likeness (QED) is 0.152. The van der Waals surface area contributed by atoms with Gasteiger partial charge in [-0.25, -0.2) is 4.98 Å². The normalized spacial score (nSPS) is 15.6. The molecule has 1 aliphatic heterocycles. The Morgan fingerprint density at radius 1 is 1.14 bits per heavy atom. The lowest BCUT2D eigenvalue weighted by atomic mass is 10.0. The van der Waals surface area contributed by atoms with Crippen molar-refractivity contribution in [3.05, 3.63) is 59.1 Å². The average Bonchev–Trinajstić information content (AvgIpc) is 3.50. The zero-order valence-corrected chi connectivity index (χ0v) is 27.3. The Morgan fingerprint density at radius 3 is 2.65 bits per heavy atom. The fourth-order valence-corrected chi connectivity index (χ4v) is 6.65. The molecule has 0 aliphatic carbocycles. The summed E-state index contributed by atoms with van der Waals surface area (Å²) in [5.74, 6) is 1.64. The Balaban J connectivity index is 1.52. The second-order valence-corrected chi connectivity index (χ2v) is 13.2. The van der Waals surface area contributed by atoms with Gasteiger partial charge in [-0.2, -0.15) is 4.98 Å². The van der Waals surface area contributed by atoms with Gasteiger partial charge in [-0.1, -0.05) is 7.92 Å². The molecule has 1 fully saturated rings. The first-order valence-corrected chi connectivity index (χ1v) is 16.7. The number of fused-ring (bicyclic) bond motifs is 1. The number of hydrogen-bond acceptors (Lipinski definition) is 11. The molecule has 1 atom stereocenters. The Labute approximate surface area is 260 Å². The highest BCUT2D eigenvalue weighted by Crippen LogP contribution is 2.40. The molecule has 1 aliphatic rings. The molecule has 43 heavy (non-hydrogen) atoms. The van der Waals surface area contributed by atoms with E-state index < -0.39 is 7.92 Å². The minimum Gasteiger partial charge on any atom is -0.494 e. The first kappa shape index (κ1) is 30.6. The highest BCUT2D eigenvalue weighted by molar-refractivity contribution is 9.10. The van der Waals surface area contributed by atoms with Crippen LogP contribution in [0.1, 0.15) is 12.0 Å². The molecule has 5 rings (SSSR count). The third kappa shape index (κ3) is 6.56. The topological polar surface area (TPSA) is 136 Å². The molecule has 11 nitrogen and oxygen atoms in total. The number of ether oxygens (including phenoxy) is 2. The summed E-state index contributed by atoms with van der Waals surface area (Å²) in [5, 5.41) is 7.98. The van der Waals surface area contributed by atoms with E-state index in [9.17, 15) is 0 Å². The number of methoxy groups -OCH3 is 2. The van der Waals surface area contributed by atoms with Crippen LogP contribution in [0.15, 0.2) is 58.5 Å². The smallest absolute Gasteiger partial charge is 0.229 e. The zero-order chi connectivity index (χ0) is 30.5. The van der Waals surface area contributed by atoms with Crippen LogP contribution in [0.25, 0.3) is 16.6 Å². The van der Waals surface area contributed by atoms with Crippen LogP contribution in [0.3, 0.4) is 0 Å². The van der Waals surface area contributed by atoms with Gasteiger partial charge in [0, 0.05) is 92.1 Å². The average molecular weight is 665 g/mol.